The van der Waals surface area contributed by atoms with Crippen molar-refractivity contribution in [3.63, 3.8) is 0 Å². The van der Waals surface area contributed by atoms with E-state index in [1.54, 1.807) is 18.4 Å². The zero-order valence-corrected chi connectivity index (χ0v) is 15.5. The Hall–Kier alpha value is -2.52. The second-order valence-electron chi connectivity index (χ2n) is 4.83. The van der Waals surface area contributed by atoms with Gasteiger partial charge in [0.05, 0.1) is 12.3 Å². The summed E-state index contributed by atoms with van der Waals surface area (Å²) in [6.07, 6.45) is 0.568. The number of benzene rings is 1. The van der Waals surface area contributed by atoms with Crippen LogP contribution in [0.2, 0.25) is 0 Å². The van der Waals surface area contributed by atoms with Crippen LogP contribution >= 0.6 is 27.3 Å². The van der Waals surface area contributed by atoms with Gasteiger partial charge in [0.1, 0.15) is 5.82 Å². The lowest BCUT2D eigenvalue weighted by atomic mass is 10.2. The highest BCUT2D eigenvalue weighted by Crippen LogP contribution is 2.27. The second kappa shape index (κ2) is 7.58. The summed E-state index contributed by atoms with van der Waals surface area (Å²) in [5.74, 6) is -0.0344. The molecular weight excluding hydrogens is 408 g/mol. The number of esters is 1. The minimum absolute atomic E-state index is 0.208. The molecule has 0 aliphatic heterocycles. The van der Waals surface area contributed by atoms with Crippen LogP contribution in [0.4, 0.5) is 5.82 Å². The summed E-state index contributed by atoms with van der Waals surface area (Å²) >= 11 is 4.62. The molecule has 0 spiro atoms. The normalized spacial score (nSPS) is 10.5. The third kappa shape index (κ3) is 3.77. The number of thiazole rings is 1. The van der Waals surface area contributed by atoms with Crippen molar-refractivity contribution < 1.29 is 14.3 Å². The molecule has 25 heavy (non-hydrogen) atoms. The van der Waals surface area contributed by atoms with Crippen LogP contribution in [0.5, 0.6) is 0 Å². The van der Waals surface area contributed by atoms with Gasteiger partial charge in [-0.15, -0.1) is 11.3 Å². The number of halogens is 1. The third-order valence-corrected chi connectivity index (χ3v) is 4.56. The Morgan fingerprint density at radius 2 is 2.16 bits per heavy atom. The van der Waals surface area contributed by atoms with Gasteiger partial charge in [0.2, 0.25) is 11.5 Å². The van der Waals surface area contributed by atoms with E-state index in [0.717, 1.165) is 10.0 Å². The highest BCUT2D eigenvalue weighted by atomic mass is 79.9. The second-order valence-corrected chi connectivity index (χ2v) is 6.58. The SMILES string of the molecule is CCOC(=O)c1csc(-n2nc(-c3ccc(Br)cc3)cc2NC=O)n1. The number of hydrogen-bond donors (Lipinski definition) is 1. The van der Waals surface area contributed by atoms with Gasteiger partial charge in [-0.3, -0.25) is 4.79 Å². The van der Waals surface area contributed by atoms with Crippen molar-refractivity contribution in [1.82, 2.24) is 14.8 Å². The van der Waals surface area contributed by atoms with E-state index in [2.05, 4.69) is 31.3 Å². The largest absolute Gasteiger partial charge is 0.461 e. The Morgan fingerprint density at radius 1 is 1.40 bits per heavy atom. The average Bonchev–Trinajstić information content (AvgIpc) is 3.23. The van der Waals surface area contributed by atoms with Crippen molar-refractivity contribution in [2.45, 2.75) is 6.92 Å². The summed E-state index contributed by atoms with van der Waals surface area (Å²) in [7, 11) is 0. The number of anilines is 1. The van der Waals surface area contributed by atoms with E-state index in [4.69, 9.17) is 4.74 Å². The smallest absolute Gasteiger partial charge is 0.357 e. The molecule has 0 saturated carbocycles. The standard InChI is InChI=1S/C16H13BrN4O3S/c1-2-24-15(23)13-8-25-16(19-13)21-14(18-9-22)7-12(20-21)10-3-5-11(17)6-4-10/h3-9H,2H2,1H3,(H,18,22). The molecular formula is C16H13BrN4O3S. The highest BCUT2D eigenvalue weighted by molar-refractivity contribution is 9.10. The minimum Gasteiger partial charge on any atom is -0.461 e. The number of nitrogens with zero attached hydrogens (tertiary/aromatic N) is 3. The Balaban J connectivity index is 1.99. The number of hydrogen-bond acceptors (Lipinski definition) is 6. The lowest BCUT2D eigenvalue weighted by Crippen LogP contribution is -2.07. The Labute approximate surface area is 155 Å². The van der Waals surface area contributed by atoms with Crippen LogP contribution in [0.15, 0.2) is 40.2 Å². The van der Waals surface area contributed by atoms with Crippen molar-refractivity contribution >= 4 is 45.5 Å². The van der Waals surface area contributed by atoms with Gasteiger partial charge in [-0.1, -0.05) is 28.1 Å². The van der Waals surface area contributed by atoms with E-state index >= 15 is 0 Å². The predicted octanol–water partition coefficient (Wildman–Crippen LogP) is 3.50. The third-order valence-electron chi connectivity index (χ3n) is 3.21. The van der Waals surface area contributed by atoms with E-state index in [0.29, 0.717) is 23.1 Å². The van der Waals surface area contributed by atoms with Gasteiger partial charge >= 0.3 is 5.97 Å². The van der Waals surface area contributed by atoms with Crippen molar-refractivity contribution in [1.29, 1.82) is 0 Å². The van der Waals surface area contributed by atoms with Gasteiger partial charge in [-0.25, -0.2) is 9.78 Å². The molecule has 0 aliphatic rings. The van der Waals surface area contributed by atoms with Gasteiger partial charge in [-0.05, 0) is 19.1 Å². The summed E-state index contributed by atoms with van der Waals surface area (Å²) in [6.45, 7) is 2.01. The maximum Gasteiger partial charge on any atom is 0.357 e. The molecule has 3 rings (SSSR count). The summed E-state index contributed by atoms with van der Waals surface area (Å²) in [6, 6.07) is 9.37. The van der Waals surface area contributed by atoms with Crippen LogP contribution in [-0.4, -0.2) is 33.8 Å². The molecule has 0 fully saturated rings. The van der Waals surface area contributed by atoms with Gasteiger partial charge in [0.25, 0.3) is 0 Å². The summed E-state index contributed by atoms with van der Waals surface area (Å²) in [4.78, 5) is 26.9. The number of ether oxygens (including phenoxy) is 1. The number of amides is 1. The van der Waals surface area contributed by atoms with Gasteiger partial charge in [-0.2, -0.15) is 9.78 Å². The molecule has 0 aliphatic carbocycles. The zero-order valence-electron chi connectivity index (χ0n) is 13.1. The molecule has 3 aromatic rings. The van der Waals surface area contributed by atoms with Crippen molar-refractivity contribution in [3.8, 4) is 16.4 Å². The molecule has 0 atom stereocenters. The summed E-state index contributed by atoms with van der Waals surface area (Å²) in [5.41, 5.74) is 1.77. The average molecular weight is 421 g/mol. The number of nitrogens with one attached hydrogen (secondary N) is 1. The van der Waals surface area contributed by atoms with Gasteiger partial charge < -0.3 is 10.1 Å². The molecule has 2 aromatic heterocycles. The molecule has 9 heteroatoms. The lowest BCUT2D eigenvalue weighted by molar-refractivity contribution is -0.105. The first-order valence-electron chi connectivity index (χ1n) is 7.31. The molecule has 1 amide bonds. The molecule has 0 unspecified atom stereocenters. The molecule has 0 saturated heterocycles. The fraction of sp³-hybridized carbons (Fsp3) is 0.125. The van der Waals surface area contributed by atoms with E-state index in [1.807, 2.05) is 24.3 Å². The zero-order chi connectivity index (χ0) is 17.8. The van der Waals surface area contributed by atoms with Crippen LogP contribution < -0.4 is 5.32 Å². The molecule has 1 N–H and O–H groups in total. The molecule has 0 radical (unpaired) electrons. The van der Waals surface area contributed by atoms with E-state index in [1.165, 1.54) is 16.0 Å². The number of carbonyl (C=O) groups is 2. The predicted molar refractivity (Wildman–Crippen MR) is 98.0 cm³/mol. The highest BCUT2D eigenvalue weighted by Gasteiger charge is 2.17. The molecule has 2 heterocycles. The fourth-order valence-electron chi connectivity index (χ4n) is 2.11. The lowest BCUT2D eigenvalue weighted by Gasteiger charge is -2.01. The molecule has 128 valence electrons. The summed E-state index contributed by atoms with van der Waals surface area (Å²) in [5, 5.41) is 9.14. The first kappa shape index (κ1) is 17.3. The monoisotopic (exact) mass is 420 g/mol. The molecule has 7 nitrogen and oxygen atoms in total. The van der Waals surface area contributed by atoms with E-state index < -0.39 is 5.97 Å². The Kier molecular flexibility index (Phi) is 5.25. The minimum atomic E-state index is -0.491. The number of aromatic nitrogens is 3. The summed E-state index contributed by atoms with van der Waals surface area (Å²) < 4.78 is 7.38. The quantitative estimate of drug-likeness (QED) is 0.486. The van der Waals surface area contributed by atoms with Crippen LogP contribution in [0.25, 0.3) is 16.4 Å². The fourth-order valence-corrected chi connectivity index (χ4v) is 3.13. The number of rotatable bonds is 6. The first-order chi connectivity index (χ1) is 12.1. The van der Waals surface area contributed by atoms with Crippen molar-refractivity contribution in [2.75, 3.05) is 11.9 Å². The Morgan fingerprint density at radius 3 is 2.84 bits per heavy atom. The van der Waals surface area contributed by atoms with Crippen LogP contribution in [-0.2, 0) is 9.53 Å². The van der Waals surface area contributed by atoms with Crippen LogP contribution in [0.3, 0.4) is 0 Å². The molecule has 0 bridgehead atoms. The topological polar surface area (TPSA) is 86.1 Å². The maximum absolute atomic E-state index is 11.8. The van der Waals surface area contributed by atoms with Gasteiger partial charge in [0.15, 0.2) is 5.69 Å². The number of carbonyl (C=O) groups excluding carboxylic acids is 2. The maximum atomic E-state index is 11.8. The first-order valence-corrected chi connectivity index (χ1v) is 8.99. The van der Waals surface area contributed by atoms with Crippen molar-refractivity contribution in [3.05, 3.63) is 45.9 Å². The van der Waals surface area contributed by atoms with Gasteiger partial charge in [0, 0.05) is 21.5 Å². The molecule has 1 aromatic carbocycles. The van der Waals surface area contributed by atoms with Crippen LogP contribution in [0.1, 0.15) is 17.4 Å². The Bertz CT molecular complexity index is 905. The van der Waals surface area contributed by atoms with Crippen LogP contribution in [0, 0.1) is 0 Å². The van der Waals surface area contributed by atoms with Crippen molar-refractivity contribution in [2.24, 2.45) is 0 Å². The van der Waals surface area contributed by atoms with E-state index in [-0.39, 0.29) is 12.3 Å². The van der Waals surface area contributed by atoms with E-state index in [9.17, 15) is 9.59 Å².